The number of carboxylic acids is 1. The quantitative estimate of drug-likeness (QED) is 0.316. The molecule has 0 saturated heterocycles. The summed E-state index contributed by atoms with van der Waals surface area (Å²) in [5.41, 5.74) is 8.68. The first kappa shape index (κ1) is 28.3. The lowest BCUT2D eigenvalue weighted by molar-refractivity contribution is -0.146. The topological polar surface area (TPSA) is 133 Å². The number of methoxy groups -OCH3 is 1. The highest BCUT2D eigenvalue weighted by molar-refractivity contribution is 5.72. The van der Waals surface area contributed by atoms with E-state index in [1.165, 1.54) is 13.2 Å². The molecule has 0 bridgehead atoms. The largest absolute Gasteiger partial charge is 0.479 e. The van der Waals surface area contributed by atoms with Gasteiger partial charge in [0.1, 0.15) is 5.75 Å². The van der Waals surface area contributed by atoms with Gasteiger partial charge in [0.15, 0.2) is 17.7 Å². The van der Waals surface area contributed by atoms with Crippen molar-refractivity contribution in [1.29, 1.82) is 0 Å². The molecule has 2 aromatic carbocycles. The van der Waals surface area contributed by atoms with E-state index in [1.807, 2.05) is 24.3 Å². The van der Waals surface area contributed by atoms with Crippen LogP contribution in [0, 0.1) is 17.6 Å². The predicted octanol–water partition coefficient (Wildman–Crippen LogP) is 5.01. The van der Waals surface area contributed by atoms with E-state index in [0.29, 0.717) is 23.7 Å². The molecular formula is C27H29F2N3O6. The van der Waals surface area contributed by atoms with Crippen LogP contribution in [0.5, 0.6) is 17.5 Å². The first-order valence-electron chi connectivity index (χ1n) is 11.8. The maximum Gasteiger partial charge on any atom is 0.407 e. The van der Waals surface area contributed by atoms with Gasteiger partial charge in [-0.15, -0.1) is 0 Å². The minimum atomic E-state index is -1.38. The third-order valence-electron chi connectivity index (χ3n) is 5.38. The number of carbonyl (C=O) groups excluding carboxylic acids is 1. The molecular weight excluding hydrogens is 500 g/mol. The molecule has 9 nitrogen and oxygen atoms in total. The van der Waals surface area contributed by atoms with E-state index in [4.69, 9.17) is 15.2 Å². The van der Waals surface area contributed by atoms with Gasteiger partial charge in [0.25, 0.3) is 11.8 Å². The van der Waals surface area contributed by atoms with E-state index < -0.39 is 41.6 Å². The fourth-order valence-corrected chi connectivity index (χ4v) is 3.57. The number of rotatable bonds is 11. The van der Waals surface area contributed by atoms with Gasteiger partial charge in [-0.3, -0.25) is 0 Å². The molecule has 1 heterocycles. The number of ether oxygens (including phenoxy) is 3. The first-order chi connectivity index (χ1) is 18.1. The van der Waals surface area contributed by atoms with Crippen molar-refractivity contribution in [2.45, 2.75) is 39.5 Å². The van der Waals surface area contributed by atoms with Gasteiger partial charge in [-0.25, -0.2) is 18.4 Å². The number of pyridine rings is 1. The number of halogens is 2. The second kappa shape index (κ2) is 12.8. The standard InChI is InChI=1S/C27H29F2N3O6/c1-15(2)7-23(26(33)34)38-25-22(29)12-21(28)24(32-25)37-20-10-17(14-31-27(35)36-3)9-19(11-20)18-6-4-5-16(8-18)13-30/h4-6,8-12,15,23H,7,13-14,30H2,1-3H3,(H,31,35)(H,33,34). The van der Waals surface area contributed by atoms with Crippen LogP contribution in [0.2, 0.25) is 0 Å². The summed E-state index contributed by atoms with van der Waals surface area (Å²) in [6, 6.07) is 12.9. The summed E-state index contributed by atoms with van der Waals surface area (Å²) in [4.78, 5) is 26.9. The lowest BCUT2D eigenvalue weighted by Crippen LogP contribution is -2.29. The zero-order valence-corrected chi connectivity index (χ0v) is 21.2. The molecule has 0 radical (unpaired) electrons. The van der Waals surface area contributed by atoms with Gasteiger partial charge in [-0.05, 0) is 58.9 Å². The highest BCUT2D eigenvalue weighted by Crippen LogP contribution is 2.32. The Hall–Kier alpha value is -4.25. The van der Waals surface area contributed by atoms with Gasteiger partial charge in [0.2, 0.25) is 0 Å². The molecule has 0 fully saturated rings. The molecule has 1 aromatic heterocycles. The SMILES string of the molecule is COC(=O)NCc1cc(Oc2nc(OC(CC(C)C)C(=O)O)c(F)cc2F)cc(-c2cccc(CN)c2)c1. The van der Waals surface area contributed by atoms with Crippen molar-refractivity contribution >= 4 is 12.1 Å². The van der Waals surface area contributed by atoms with Gasteiger partial charge in [0.05, 0.1) is 7.11 Å². The van der Waals surface area contributed by atoms with E-state index in [9.17, 15) is 23.5 Å². The number of nitrogens with one attached hydrogen (secondary N) is 1. The molecule has 3 aromatic rings. The minimum Gasteiger partial charge on any atom is -0.479 e. The molecule has 1 unspecified atom stereocenters. The number of aromatic nitrogens is 1. The number of hydrogen-bond acceptors (Lipinski definition) is 7. The molecule has 1 amide bonds. The Kier molecular flexibility index (Phi) is 9.55. The van der Waals surface area contributed by atoms with E-state index in [-0.39, 0.29) is 24.6 Å². The molecule has 11 heteroatoms. The average Bonchev–Trinajstić information content (AvgIpc) is 2.89. The van der Waals surface area contributed by atoms with Gasteiger partial charge in [0, 0.05) is 19.2 Å². The molecule has 0 aliphatic heterocycles. The van der Waals surface area contributed by atoms with Crippen molar-refractivity contribution in [3.05, 3.63) is 71.3 Å². The Morgan fingerprint density at radius 3 is 2.39 bits per heavy atom. The van der Waals surface area contributed by atoms with Gasteiger partial charge >= 0.3 is 12.1 Å². The predicted molar refractivity (Wildman–Crippen MR) is 135 cm³/mol. The maximum absolute atomic E-state index is 14.7. The fraction of sp³-hybridized carbons (Fsp3) is 0.296. The molecule has 1 atom stereocenters. The third-order valence-corrected chi connectivity index (χ3v) is 5.38. The zero-order chi connectivity index (χ0) is 27.8. The van der Waals surface area contributed by atoms with Crippen LogP contribution in [0.4, 0.5) is 13.6 Å². The van der Waals surface area contributed by atoms with Crippen molar-refractivity contribution < 1.29 is 37.7 Å². The van der Waals surface area contributed by atoms with Crippen molar-refractivity contribution in [2.75, 3.05) is 7.11 Å². The molecule has 0 aliphatic carbocycles. The summed E-state index contributed by atoms with van der Waals surface area (Å²) < 4.78 is 44.6. The molecule has 202 valence electrons. The average molecular weight is 530 g/mol. The van der Waals surface area contributed by atoms with Crippen molar-refractivity contribution in [2.24, 2.45) is 11.7 Å². The zero-order valence-electron chi connectivity index (χ0n) is 21.2. The molecule has 38 heavy (non-hydrogen) atoms. The number of carboxylic acid groups (broad SMARTS) is 1. The summed E-state index contributed by atoms with van der Waals surface area (Å²) in [6.07, 6.45) is -1.94. The second-order valence-corrected chi connectivity index (χ2v) is 8.85. The van der Waals surface area contributed by atoms with Crippen molar-refractivity contribution in [3.8, 4) is 28.6 Å². The summed E-state index contributed by atoms with van der Waals surface area (Å²) in [5.74, 6) is -4.84. The number of alkyl carbamates (subject to hydrolysis) is 1. The Labute approximate surface area is 218 Å². The fourth-order valence-electron chi connectivity index (χ4n) is 3.57. The monoisotopic (exact) mass is 529 g/mol. The van der Waals surface area contributed by atoms with Gasteiger partial charge < -0.3 is 30.4 Å². The van der Waals surface area contributed by atoms with Crippen LogP contribution in [0.25, 0.3) is 11.1 Å². The number of benzene rings is 2. The van der Waals surface area contributed by atoms with Crippen molar-refractivity contribution in [1.82, 2.24) is 10.3 Å². The summed E-state index contributed by atoms with van der Waals surface area (Å²) in [5, 5.41) is 12.0. The maximum atomic E-state index is 14.7. The molecule has 4 N–H and O–H groups in total. The molecule has 0 aliphatic rings. The highest BCUT2D eigenvalue weighted by atomic mass is 19.1. The van der Waals surface area contributed by atoms with Crippen LogP contribution in [0.15, 0.2) is 48.5 Å². The number of nitrogens with two attached hydrogens (primary N) is 1. The first-order valence-corrected chi connectivity index (χ1v) is 11.8. The van der Waals surface area contributed by atoms with Crippen LogP contribution >= 0.6 is 0 Å². The van der Waals surface area contributed by atoms with Gasteiger partial charge in [-0.1, -0.05) is 32.0 Å². The van der Waals surface area contributed by atoms with Crippen LogP contribution < -0.4 is 20.5 Å². The van der Waals surface area contributed by atoms with Crippen LogP contribution in [-0.2, 0) is 22.6 Å². The molecule has 0 spiro atoms. The van der Waals surface area contributed by atoms with E-state index in [1.54, 1.807) is 26.0 Å². The lowest BCUT2D eigenvalue weighted by atomic mass is 10.0. The second-order valence-electron chi connectivity index (χ2n) is 8.85. The normalized spacial score (nSPS) is 11.7. The summed E-state index contributed by atoms with van der Waals surface area (Å²) in [6.45, 7) is 3.95. The van der Waals surface area contributed by atoms with Crippen LogP contribution in [0.3, 0.4) is 0 Å². The van der Waals surface area contributed by atoms with Crippen LogP contribution in [-0.4, -0.2) is 35.4 Å². The number of aliphatic carboxylic acids is 1. The van der Waals surface area contributed by atoms with E-state index in [0.717, 1.165) is 11.1 Å². The number of carbonyl (C=O) groups is 2. The Balaban J connectivity index is 1.99. The lowest BCUT2D eigenvalue weighted by Gasteiger charge is -2.17. The molecule has 0 saturated carbocycles. The number of hydrogen-bond donors (Lipinski definition) is 3. The summed E-state index contributed by atoms with van der Waals surface area (Å²) >= 11 is 0. The van der Waals surface area contributed by atoms with E-state index >= 15 is 0 Å². The Morgan fingerprint density at radius 2 is 1.74 bits per heavy atom. The molecule has 3 rings (SSSR count). The van der Waals surface area contributed by atoms with E-state index in [2.05, 4.69) is 15.0 Å². The number of nitrogens with zero attached hydrogens (tertiary/aromatic N) is 1. The van der Waals surface area contributed by atoms with Crippen molar-refractivity contribution in [3.63, 3.8) is 0 Å². The Bertz CT molecular complexity index is 1300. The minimum absolute atomic E-state index is 0.0622. The highest BCUT2D eigenvalue weighted by Gasteiger charge is 2.25. The Morgan fingerprint density at radius 1 is 1.03 bits per heavy atom. The smallest absolute Gasteiger partial charge is 0.407 e. The van der Waals surface area contributed by atoms with Crippen LogP contribution in [0.1, 0.15) is 31.4 Å². The summed E-state index contributed by atoms with van der Waals surface area (Å²) in [7, 11) is 1.23. The number of amides is 1. The third kappa shape index (κ3) is 7.62. The van der Waals surface area contributed by atoms with Gasteiger partial charge in [-0.2, -0.15) is 4.98 Å².